The second-order valence-corrected chi connectivity index (χ2v) is 8.10. The number of amides is 1. The van der Waals surface area contributed by atoms with Crippen LogP contribution in [0, 0.1) is 23.4 Å². The van der Waals surface area contributed by atoms with Gasteiger partial charge in [-0.2, -0.15) is 5.10 Å². The van der Waals surface area contributed by atoms with Gasteiger partial charge in [0.25, 0.3) is 0 Å². The first-order valence-electron chi connectivity index (χ1n) is 9.03. The van der Waals surface area contributed by atoms with Crippen LogP contribution in [0.4, 0.5) is 13.2 Å². The van der Waals surface area contributed by atoms with Crippen LogP contribution in [0.25, 0.3) is 0 Å². The third-order valence-electron chi connectivity index (χ3n) is 5.05. The topological polar surface area (TPSA) is 67.9 Å². The normalized spacial score (nSPS) is 23.0. The fourth-order valence-corrected chi connectivity index (χ4v) is 5.36. The molecule has 0 unspecified atom stereocenters. The molecule has 0 bridgehead atoms. The zero-order valence-corrected chi connectivity index (χ0v) is 16.3. The quantitative estimate of drug-likeness (QED) is 0.823. The van der Waals surface area contributed by atoms with Crippen molar-refractivity contribution >= 4 is 22.7 Å². The van der Waals surface area contributed by atoms with Crippen molar-refractivity contribution in [2.45, 2.75) is 18.2 Å². The highest BCUT2D eigenvalue weighted by Gasteiger charge is 2.56. The Kier molecular flexibility index (Phi) is 5.04. The summed E-state index contributed by atoms with van der Waals surface area (Å²) in [4.78, 5) is 11.4. The number of halogens is 3. The lowest BCUT2D eigenvalue weighted by molar-refractivity contribution is -0.134. The highest BCUT2D eigenvalue weighted by atomic mass is 32.2. The van der Waals surface area contributed by atoms with Crippen molar-refractivity contribution in [3.05, 3.63) is 65.0 Å². The summed E-state index contributed by atoms with van der Waals surface area (Å²) in [7, 11) is 0. The van der Waals surface area contributed by atoms with Gasteiger partial charge in [0.2, 0.25) is 5.91 Å². The SMILES string of the molecule is CC(=O)N1N=C(c2ccc(F)cc2F)S[C@]12c1cc(F)ccc1OC[C@H]2CCN. The summed E-state index contributed by atoms with van der Waals surface area (Å²) in [5.74, 6) is -2.29. The maximum absolute atomic E-state index is 14.4. The predicted molar refractivity (Wildman–Crippen MR) is 104 cm³/mol. The van der Waals surface area contributed by atoms with E-state index in [0.717, 1.165) is 23.9 Å². The summed E-state index contributed by atoms with van der Waals surface area (Å²) in [6.07, 6.45) is 0.474. The fourth-order valence-electron chi connectivity index (χ4n) is 3.79. The molecule has 1 spiro atoms. The van der Waals surface area contributed by atoms with E-state index in [1.165, 1.54) is 36.2 Å². The second-order valence-electron chi connectivity index (χ2n) is 6.88. The van der Waals surface area contributed by atoms with Gasteiger partial charge in [-0.3, -0.25) is 4.79 Å². The summed E-state index contributed by atoms with van der Waals surface area (Å²) in [6, 6.07) is 7.24. The van der Waals surface area contributed by atoms with Gasteiger partial charge < -0.3 is 10.5 Å². The molecule has 4 rings (SSSR count). The van der Waals surface area contributed by atoms with Gasteiger partial charge in [-0.05, 0) is 43.3 Å². The Morgan fingerprint density at radius 3 is 2.69 bits per heavy atom. The average Bonchev–Trinajstić information content (AvgIpc) is 3.06. The predicted octanol–water partition coefficient (Wildman–Crippen LogP) is 3.57. The van der Waals surface area contributed by atoms with Gasteiger partial charge in [0.1, 0.15) is 28.2 Å². The molecule has 2 N–H and O–H groups in total. The number of carbonyl (C=O) groups excluding carboxylic acids is 1. The van der Waals surface area contributed by atoms with Crippen molar-refractivity contribution in [1.29, 1.82) is 0 Å². The molecule has 0 radical (unpaired) electrons. The van der Waals surface area contributed by atoms with Crippen LogP contribution in [0.2, 0.25) is 0 Å². The molecule has 2 aliphatic heterocycles. The Labute approximate surface area is 169 Å². The Bertz CT molecular complexity index is 1020. The summed E-state index contributed by atoms with van der Waals surface area (Å²) in [5, 5.41) is 5.82. The molecule has 2 atom stereocenters. The Balaban J connectivity index is 1.90. The number of benzene rings is 2. The first-order valence-corrected chi connectivity index (χ1v) is 9.85. The third kappa shape index (κ3) is 3.18. The van der Waals surface area contributed by atoms with E-state index in [2.05, 4.69) is 5.10 Å². The molecular weight excluding hydrogens is 403 g/mol. The third-order valence-corrected chi connectivity index (χ3v) is 6.59. The minimum absolute atomic E-state index is 0.0652. The zero-order chi connectivity index (χ0) is 20.8. The summed E-state index contributed by atoms with van der Waals surface area (Å²) >= 11 is 1.13. The smallest absolute Gasteiger partial charge is 0.241 e. The molecule has 29 heavy (non-hydrogen) atoms. The van der Waals surface area contributed by atoms with Crippen molar-refractivity contribution < 1.29 is 22.7 Å². The minimum Gasteiger partial charge on any atom is -0.493 e. The Morgan fingerprint density at radius 1 is 1.28 bits per heavy atom. The summed E-state index contributed by atoms with van der Waals surface area (Å²) in [6.45, 7) is 1.89. The number of hydrogen-bond donors (Lipinski definition) is 1. The lowest BCUT2D eigenvalue weighted by Crippen LogP contribution is -2.51. The lowest BCUT2D eigenvalue weighted by Gasteiger charge is -2.45. The first kappa shape index (κ1) is 19.8. The van der Waals surface area contributed by atoms with Crippen LogP contribution in [0.1, 0.15) is 24.5 Å². The molecule has 152 valence electrons. The number of thioether (sulfide) groups is 1. The van der Waals surface area contributed by atoms with E-state index >= 15 is 0 Å². The summed E-state index contributed by atoms with van der Waals surface area (Å²) in [5.41, 5.74) is 6.29. The average molecular weight is 421 g/mol. The van der Waals surface area contributed by atoms with Crippen LogP contribution in [-0.2, 0) is 9.67 Å². The van der Waals surface area contributed by atoms with E-state index in [9.17, 15) is 18.0 Å². The van der Waals surface area contributed by atoms with Crippen molar-refractivity contribution in [1.82, 2.24) is 5.01 Å². The molecule has 9 heteroatoms. The van der Waals surface area contributed by atoms with Gasteiger partial charge in [0, 0.05) is 30.0 Å². The highest BCUT2D eigenvalue weighted by Crippen LogP contribution is 2.57. The van der Waals surface area contributed by atoms with E-state index in [0.29, 0.717) is 24.3 Å². The van der Waals surface area contributed by atoms with Crippen molar-refractivity contribution in [3.8, 4) is 5.75 Å². The lowest BCUT2D eigenvalue weighted by atomic mass is 9.86. The van der Waals surface area contributed by atoms with Gasteiger partial charge in [-0.25, -0.2) is 18.2 Å². The maximum atomic E-state index is 14.4. The van der Waals surface area contributed by atoms with Crippen LogP contribution >= 0.6 is 11.8 Å². The first-order chi connectivity index (χ1) is 13.9. The molecule has 0 aromatic heterocycles. The number of ether oxygens (including phenoxy) is 1. The van der Waals surface area contributed by atoms with E-state index in [1.807, 2.05) is 0 Å². The molecule has 0 saturated heterocycles. The van der Waals surface area contributed by atoms with Crippen LogP contribution in [0.5, 0.6) is 5.75 Å². The molecule has 1 amide bonds. The van der Waals surface area contributed by atoms with E-state index in [-0.39, 0.29) is 23.1 Å². The summed E-state index contributed by atoms with van der Waals surface area (Å²) < 4.78 is 47.8. The fraction of sp³-hybridized carbons (Fsp3) is 0.300. The molecular formula is C20H18F3N3O2S. The number of hydrogen-bond acceptors (Lipinski definition) is 5. The molecule has 0 aliphatic carbocycles. The molecule has 2 aliphatic rings. The van der Waals surface area contributed by atoms with Gasteiger partial charge in [0.15, 0.2) is 4.87 Å². The van der Waals surface area contributed by atoms with E-state index in [4.69, 9.17) is 10.5 Å². The molecule has 0 saturated carbocycles. The van der Waals surface area contributed by atoms with E-state index < -0.39 is 28.2 Å². The van der Waals surface area contributed by atoms with Crippen LogP contribution in [-0.4, -0.2) is 29.1 Å². The standard InChI is InChI=1S/C20H18F3N3O2S/c1-11(27)26-20(29-19(25-26)15-4-2-14(22)9-17(15)23)12(6-7-24)10-28-18-5-3-13(21)8-16(18)20/h2-5,8-9,12H,6-7,10,24H2,1H3/t12-,20-/m1/s1. The van der Waals surface area contributed by atoms with Crippen LogP contribution in [0.3, 0.4) is 0 Å². The van der Waals surface area contributed by atoms with Crippen molar-refractivity contribution in [3.63, 3.8) is 0 Å². The number of fused-ring (bicyclic) bond motifs is 2. The van der Waals surface area contributed by atoms with E-state index in [1.54, 1.807) is 0 Å². The number of hydrazone groups is 1. The zero-order valence-electron chi connectivity index (χ0n) is 15.5. The van der Waals surface area contributed by atoms with Gasteiger partial charge >= 0.3 is 0 Å². The number of rotatable bonds is 3. The van der Waals surface area contributed by atoms with Crippen molar-refractivity contribution in [2.75, 3.05) is 13.2 Å². The van der Waals surface area contributed by atoms with Gasteiger partial charge in [-0.1, -0.05) is 11.8 Å². The Hall–Kier alpha value is -2.52. The maximum Gasteiger partial charge on any atom is 0.241 e. The second kappa shape index (κ2) is 7.38. The van der Waals surface area contributed by atoms with Gasteiger partial charge in [0.05, 0.1) is 6.61 Å². The number of nitrogens with two attached hydrogens (primary N) is 1. The monoisotopic (exact) mass is 421 g/mol. The molecule has 2 aromatic carbocycles. The van der Waals surface area contributed by atoms with Crippen LogP contribution < -0.4 is 10.5 Å². The molecule has 0 fully saturated rings. The Morgan fingerprint density at radius 2 is 2.00 bits per heavy atom. The highest BCUT2D eigenvalue weighted by molar-refractivity contribution is 8.15. The largest absolute Gasteiger partial charge is 0.493 e. The van der Waals surface area contributed by atoms with Crippen molar-refractivity contribution in [2.24, 2.45) is 16.8 Å². The number of carbonyl (C=O) groups is 1. The molecule has 5 nitrogen and oxygen atoms in total. The molecule has 2 heterocycles. The van der Waals surface area contributed by atoms with Gasteiger partial charge in [-0.15, -0.1) is 0 Å². The van der Waals surface area contributed by atoms with Crippen LogP contribution in [0.15, 0.2) is 41.5 Å². The molecule has 2 aromatic rings. The number of nitrogens with zero attached hydrogens (tertiary/aromatic N) is 2. The minimum atomic E-state index is -1.14.